The van der Waals surface area contributed by atoms with Crippen LogP contribution in [0.5, 0.6) is 0 Å². The molecule has 0 saturated carbocycles. The number of hydrogen-bond donors (Lipinski definition) is 2. The zero-order chi connectivity index (χ0) is 29.4. The normalized spacial score (nSPS) is 17.8. The quantitative estimate of drug-likeness (QED) is 0.331. The van der Waals surface area contributed by atoms with Crippen molar-refractivity contribution < 1.29 is 22.0 Å². The highest BCUT2D eigenvalue weighted by Gasteiger charge is 2.35. The summed E-state index contributed by atoms with van der Waals surface area (Å²) in [7, 11) is -4.12. The van der Waals surface area contributed by atoms with E-state index in [0.717, 1.165) is 24.2 Å². The number of piperidine rings is 1. The SMILES string of the molecule is O=C(NCc1ccc(F)cc1)c1ccc(N2CC3CC(C2)c2cccc(=O)n2C3)c(NS(=O)(=O)c2ccc(F)cc2)c1. The molecule has 1 saturated heterocycles. The van der Waals surface area contributed by atoms with Crippen LogP contribution in [0.3, 0.4) is 0 Å². The predicted molar refractivity (Wildman–Crippen MR) is 155 cm³/mol. The van der Waals surface area contributed by atoms with E-state index in [1.54, 1.807) is 36.4 Å². The van der Waals surface area contributed by atoms with Gasteiger partial charge in [-0.3, -0.25) is 14.3 Å². The smallest absolute Gasteiger partial charge is 0.261 e. The number of aromatic nitrogens is 1. The monoisotopic (exact) mass is 590 g/mol. The summed E-state index contributed by atoms with van der Waals surface area (Å²) >= 11 is 0. The Labute approximate surface area is 241 Å². The number of rotatable bonds is 7. The van der Waals surface area contributed by atoms with Crippen molar-refractivity contribution in [2.45, 2.75) is 30.3 Å². The summed E-state index contributed by atoms with van der Waals surface area (Å²) in [4.78, 5) is 27.5. The lowest BCUT2D eigenvalue weighted by Gasteiger charge is -2.44. The van der Waals surface area contributed by atoms with E-state index in [4.69, 9.17) is 0 Å². The molecule has 2 N–H and O–H groups in total. The summed E-state index contributed by atoms with van der Waals surface area (Å²) in [5.74, 6) is -1.12. The van der Waals surface area contributed by atoms with Gasteiger partial charge in [0.15, 0.2) is 0 Å². The molecular weight excluding hydrogens is 562 g/mol. The summed E-state index contributed by atoms with van der Waals surface area (Å²) in [5, 5.41) is 2.78. The number of halogens is 2. The summed E-state index contributed by atoms with van der Waals surface area (Å²) in [6, 6.07) is 20.4. The summed E-state index contributed by atoms with van der Waals surface area (Å²) in [6.45, 7) is 1.88. The fourth-order valence-corrected chi connectivity index (χ4v) is 6.90. The number of carbonyl (C=O) groups excluding carboxylic acids is 1. The first-order valence-electron chi connectivity index (χ1n) is 13.6. The lowest BCUT2D eigenvalue weighted by atomic mass is 9.83. The van der Waals surface area contributed by atoms with E-state index in [-0.39, 0.29) is 45.9 Å². The Morgan fingerprint density at radius 2 is 1.60 bits per heavy atom. The van der Waals surface area contributed by atoms with E-state index in [1.165, 1.54) is 30.3 Å². The first-order valence-corrected chi connectivity index (χ1v) is 15.0. The number of fused-ring (bicyclic) bond motifs is 4. The highest BCUT2D eigenvalue weighted by molar-refractivity contribution is 7.92. The second kappa shape index (κ2) is 11.1. The minimum Gasteiger partial charge on any atom is -0.369 e. The van der Waals surface area contributed by atoms with Crippen molar-refractivity contribution in [1.82, 2.24) is 9.88 Å². The zero-order valence-electron chi connectivity index (χ0n) is 22.5. The Morgan fingerprint density at radius 1 is 0.881 bits per heavy atom. The molecule has 8 nitrogen and oxygen atoms in total. The molecule has 2 unspecified atom stereocenters. The largest absolute Gasteiger partial charge is 0.369 e. The number of benzene rings is 3. The molecule has 4 aromatic rings. The van der Waals surface area contributed by atoms with Crippen LogP contribution in [0.25, 0.3) is 0 Å². The van der Waals surface area contributed by atoms with Crippen LogP contribution < -0.4 is 20.5 Å². The van der Waals surface area contributed by atoms with Gasteiger partial charge in [0.2, 0.25) is 0 Å². The fourth-order valence-electron chi connectivity index (χ4n) is 5.83. The van der Waals surface area contributed by atoms with E-state index in [2.05, 4.69) is 14.9 Å². The summed E-state index contributed by atoms with van der Waals surface area (Å²) in [6.07, 6.45) is 0.917. The molecule has 2 aliphatic heterocycles. The maximum Gasteiger partial charge on any atom is 0.261 e. The minimum absolute atomic E-state index is 0.0283. The number of anilines is 2. The molecule has 2 bridgehead atoms. The lowest BCUT2D eigenvalue weighted by Crippen LogP contribution is -2.47. The van der Waals surface area contributed by atoms with Crippen LogP contribution in [0, 0.1) is 17.6 Å². The van der Waals surface area contributed by atoms with E-state index >= 15 is 0 Å². The van der Waals surface area contributed by atoms with Crippen molar-refractivity contribution in [2.24, 2.45) is 5.92 Å². The average molecular weight is 591 g/mol. The number of hydrogen-bond acceptors (Lipinski definition) is 5. The van der Waals surface area contributed by atoms with Gasteiger partial charge in [0.1, 0.15) is 11.6 Å². The Balaban J connectivity index is 1.32. The van der Waals surface area contributed by atoms with Crippen LogP contribution in [-0.4, -0.2) is 32.0 Å². The lowest BCUT2D eigenvalue weighted by molar-refractivity contribution is 0.0951. The van der Waals surface area contributed by atoms with Crippen LogP contribution >= 0.6 is 0 Å². The van der Waals surface area contributed by atoms with Crippen molar-refractivity contribution in [1.29, 1.82) is 0 Å². The summed E-state index contributed by atoms with van der Waals surface area (Å²) < 4.78 is 57.9. The number of pyridine rings is 1. The van der Waals surface area contributed by atoms with Gasteiger partial charge in [-0.05, 0) is 78.6 Å². The maximum atomic E-state index is 13.5. The fraction of sp³-hybridized carbons (Fsp3) is 0.226. The van der Waals surface area contributed by atoms with Gasteiger partial charge >= 0.3 is 0 Å². The third-order valence-electron chi connectivity index (χ3n) is 7.81. The van der Waals surface area contributed by atoms with Gasteiger partial charge in [0.25, 0.3) is 21.5 Å². The van der Waals surface area contributed by atoms with Crippen molar-refractivity contribution in [3.05, 3.63) is 124 Å². The van der Waals surface area contributed by atoms with Gasteiger partial charge in [-0.1, -0.05) is 18.2 Å². The molecule has 6 rings (SSSR count). The van der Waals surface area contributed by atoms with Crippen LogP contribution in [0.15, 0.2) is 94.6 Å². The highest BCUT2D eigenvalue weighted by Crippen LogP contribution is 2.39. The number of sulfonamides is 1. The Hall–Kier alpha value is -4.51. The molecular formula is C31H28F2N4O4S. The molecule has 2 atom stereocenters. The molecule has 3 aromatic carbocycles. The first-order chi connectivity index (χ1) is 20.2. The van der Waals surface area contributed by atoms with Crippen molar-refractivity contribution >= 4 is 27.3 Å². The number of nitrogens with one attached hydrogen (secondary N) is 2. The Bertz CT molecular complexity index is 1810. The van der Waals surface area contributed by atoms with E-state index < -0.39 is 21.7 Å². The topological polar surface area (TPSA) is 101 Å². The molecule has 1 aromatic heterocycles. The first kappa shape index (κ1) is 27.6. The van der Waals surface area contributed by atoms with Gasteiger partial charge in [-0.2, -0.15) is 0 Å². The maximum absolute atomic E-state index is 13.5. The van der Waals surface area contributed by atoms with Crippen LogP contribution in [0.1, 0.15) is 34.0 Å². The van der Waals surface area contributed by atoms with Crippen LogP contribution in [0.2, 0.25) is 0 Å². The van der Waals surface area contributed by atoms with Gasteiger partial charge in [0.05, 0.1) is 16.3 Å². The van der Waals surface area contributed by atoms with Gasteiger partial charge in [-0.15, -0.1) is 0 Å². The molecule has 11 heteroatoms. The minimum atomic E-state index is -4.12. The second-order valence-electron chi connectivity index (χ2n) is 10.7. The van der Waals surface area contributed by atoms with Crippen molar-refractivity contribution in [3.63, 3.8) is 0 Å². The highest BCUT2D eigenvalue weighted by atomic mass is 32.2. The van der Waals surface area contributed by atoms with Gasteiger partial charge < -0.3 is 14.8 Å². The van der Waals surface area contributed by atoms with E-state index in [1.807, 2.05) is 10.6 Å². The molecule has 3 heterocycles. The molecule has 0 aliphatic carbocycles. The second-order valence-corrected chi connectivity index (χ2v) is 12.4. The molecule has 0 radical (unpaired) electrons. The molecule has 216 valence electrons. The zero-order valence-corrected chi connectivity index (χ0v) is 23.3. The van der Waals surface area contributed by atoms with Gasteiger partial charge in [-0.25, -0.2) is 17.2 Å². The number of carbonyl (C=O) groups is 1. The standard InChI is InChI=1S/C31H28F2N4O4S/c32-24-7-4-20(5-8-24)16-34-31(39)22-6-13-29(27(15-22)35-42(40,41)26-11-9-25(33)10-12-26)36-17-21-14-23(19-36)28-2-1-3-30(38)37(28)18-21/h1-13,15,21,23,35H,14,16-19H2,(H,34,39). The third-order valence-corrected chi connectivity index (χ3v) is 9.20. The molecule has 2 aliphatic rings. The van der Waals surface area contributed by atoms with E-state index in [0.29, 0.717) is 30.9 Å². The predicted octanol–water partition coefficient (Wildman–Crippen LogP) is 4.48. The van der Waals surface area contributed by atoms with Crippen molar-refractivity contribution in [3.8, 4) is 0 Å². The van der Waals surface area contributed by atoms with Crippen molar-refractivity contribution in [2.75, 3.05) is 22.7 Å². The third kappa shape index (κ3) is 5.64. The number of nitrogens with zero attached hydrogens (tertiary/aromatic N) is 2. The van der Waals surface area contributed by atoms with Crippen LogP contribution in [-0.2, 0) is 23.1 Å². The molecule has 0 spiro atoms. The molecule has 42 heavy (non-hydrogen) atoms. The summed E-state index contributed by atoms with van der Waals surface area (Å²) in [5.41, 5.74) is 2.66. The Morgan fingerprint density at radius 3 is 2.33 bits per heavy atom. The average Bonchev–Trinajstić information content (AvgIpc) is 2.97. The number of amides is 1. The Kier molecular flexibility index (Phi) is 7.28. The molecule has 1 amide bonds. The molecule has 1 fully saturated rings. The van der Waals surface area contributed by atoms with Gasteiger partial charge in [0, 0.05) is 49.4 Å². The van der Waals surface area contributed by atoms with Crippen LogP contribution in [0.4, 0.5) is 20.2 Å². The van der Waals surface area contributed by atoms with E-state index in [9.17, 15) is 26.8 Å².